The van der Waals surface area contributed by atoms with Gasteiger partial charge in [-0.05, 0) is 53.9 Å². The third-order valence-corrected chi connectivity index (χ3v) is 4.28. The maximum Gasteiger partial charge on any atom is 0.335 e. The molecular weight excluding hydrogens is 318 g/mol. The number of nitrogens with zero attached hydrogens (tertiary/aromatic N) is 2. The Morgan fingerprint density at radius 2 is 1.88 bits per heavy atom. The van der Waals surface area contributed by atoms with Gasteiger partial charge in [-0.1, -0.05) is 13.0 Å². The summed E-state index contributed by atoms with van der Waals surface area (Å²) in [6, 6.07) is 12.3. The molecule has 0 saturated heterocycles. The molecule has 0 saturated carbocycles. The number of carboxylic acid groups (broad SMARTS) is 1. The zero-order chi connectivity index (χ0) is 18.0. The van der Waals surface area contributed by atoms with E-state index in [1.54, 1.807) is 24.1 Å². The van der Waals surface area contributed by atoms with Crippen molar-refractivity contribution in [2.45, 2.75) is 19.8 Å². The molecule has 1 aliphatic heterocycles. The second kappa shape index (κ2) is 6.76. The fourth-order valence-electron chi connectivity index (χ4n) is 2.82. The van der Waals surface area contributed by atoms with Crippen LogP contribution >= 0.6 is 0 Å². The SMILES string of the molecule is CCC(=NNc1ccc(C(=O)O)cc1)c1ccc2c(c1)CC(=O)N2C. The number of nitrogens with one attached hydrogen (secondary N) is 1. The first-order valence-corrected chi connectivity index (χ1v) is 8.05. The molecule has 2 N–H and O–H groups in total. The molecule has 0 spiro atoms. The molecule has 0 fully saturated rings. The van der Waals surface area contributed by atoms with Gasteiger partial charge in [-0.25, -0.2) is 4.79 Å². The van der Waals surface area contributed by atoms with Crippen molar-refractivity contribution in [1.82, 2.24) is 0 Å². The molecule has 1 amide bonds. The van der Waals surface area contributed by atoms with Crippen molar-refractivity contribution in [2.75, 3.05) is 17.4 Å². The summed E-state index contributed by atoms with van der Waals surface area (Å²) < 4.78 is 0. The number of likely N-dealkylation sites (N-methyl/N-ethyl adjacent to an activating group) is 1. The summed E-state index contributed by atoms with van der Waals surface area (Å²) in [4.78, 5) is 24.4. The molecule has 0 radical (unpaired) electrons. The van der Waals surface area contributed by atoms with Crippen LogP contribution < -0.4 is 10.3 Å². The number of anilines is 2. The Hall–Kier alpha value is -3.15. The van der Waals surface area contributed by atoms with Crippen LogP contribution in [-0.2, 0) is 11.2 Å². The zero-order valence-corrected chi connectivity index (χ0v) is 14.1. The topological polar surface area (TPSA) is 82.0 Å². The van der Waals surface area contributed by atoms with Gasteiger partial charge in [0.05, 0.1) is 23.4 Å². The van der Waals surface area contributed by atoms with E-state index >= 15 is 0 Å². The first kappa shape index (κ1) is 16.7. The second-order valence-corrected chi connectivity index (χ2v) is 5.88. The Labute approximate surface area is 145 Å². The highest BCUT2D eigenvalue weighted by Crippen LogP contribution is 2.28. The summed E-state index contributed by atoms with van der Waals surface area (Å²) in [5.74, 6) is -0.860. The lowest BCUT2D eigenvalue weighted by Gasteiger charge is -2.11. The number of carbonyl (C=O) groups is 2. The Kier molecular flexibility index (Phi) is 4.52. The van der Waals surface area contributed by atoms with Crippen LogP contribution in [0.2, 0.25) is 0 Å². The van der Waals surface area contributed by atoms with Crippen molar-refractivity contribution in [3.63, 3.8) is 0 Å². The summed E-state index contributed by atoms with van der Waals surface area (Å²) in [5, 5.41) is 13.4. The number of fused-ring (bicyclic) bond motifs is 1. The van der Waals surface area contributed by atoms with E-state index in [0.29, 0.717) is 12.1 Å². The Bertz CT molecular complexity index is 857. The number of rotatable bonds is 5. The van der Waals surface area contributed by atoms with Crippen LogP contribution in [0.3, 0.4) is 0 Å². The highest BCUT2D eigenvalue weighted by Gasteiger charge is 2.24. The monoisotopic (exact) mass is 337 g/mol. The summed E-state index contributed by atoms with van der Waals surface area (Å²) in [7, 11) is 1.78. The largest absolute Gasteiger partial charge is 0.478 e. The smallest absolute Gasteiger partial charge is 0.335 e. The molecule has 128 valence electrons. The van der Waals surface area contributed by atoms with E-state index < -0.39 is 5.97 Å². The van der Waals surface area contributed by atoms with Gasteiger partial charge in [0, 0.05) is 12.7 Å². The number of hydrogen-bond donors (Lipinski definition) is 2. The van der Waals surface area contributed by atoms with E-state index in [4.69, 9.17) is 5.11 Å². The van der Waals surface area contributed by atoms with Gasteiger partial charge in [-0.3, -0.25) is 10.2 Å². The first-order chi connectivity index (χ1) is 12.0. The predicted molar refractivity (Wildman–Crippen MR) is 97.4 cm³/mol. The molecule has 3 rings (SSSR count). The number of benzene rings is 2. The fraction of sp³-hybridized carbons (Fsp3) is 0.211. The van der Waals surface area contributed by atoms with Crippen LogP contribution in [0, 0.1) is 0 Å². The molecule has 1 heterocycles. The highest BCUT2D eigenvalue weighted by molar-refractivity contribution is 6.05. The molecule has 6 nitrogen and oxygen atoms in total. The van der Waals surface area contributed by atoms with Crippen LogP contribution in [0.15, 0.2) is 47.6 Å². The van der Waals surface area contributed by atoms with E-state index in [9.17, 15) is 9.59 Å². The zero-order valence-electron chi connectivity index (χ0n) is 14.1. The molecule has 25 heavy (non-hydrogen) atoms. The van der Waals surface area contributed by atoms with E-state index in [2.05, 4.69) is 10.5 Å². The van der Waals surface area contributed by atoms with Crippen molar-refractivity contribution in [3.8, 4) is 0 Å². The van der Waals surface area contributed by atoms with Gasteiger partial charge in [0.2, 0.25) is 5.91 Å². The number of amides is 1. The van der Waals surface area contributed by atoms with Gasteiger partial charge in [0.15, 0.2) is 0 Å². The number of carboxylic acids is 1. The molecule has 2 aromatic carbocycles. The van der Waals surface area contributed by atoms with Gasteiger partial charge >= 0.3 is 5.97 Å². The summed E-state index contributed by atoms with van der Waals surface area (Å²) in [6.07, 6.45) is 1.14. The summed E-state index contributed by atoms with van der Waals surface area (Å²) in [6.45, 7) is 2.01. The normalized spacial score (nSPS) is 13.8. The molecule has 0 unspecified atom stereocenters. The molecular formula is C19H19N3O3. The Morgan fingerprint density at radius 1 is 1.20 bits per heavy atom. The van der Waals surface area contributed by atoms with Crippen LogP contribution in [0.1, 0.15) is 34.8 Å². The van der Waals surface area contributed by atoms with Gasteiger partial charge in [-0.15, -0.1) is 0 Å². The minimum Gasteiger partial charge on any atom is -0.478 e. The summed E-state index contributed by atoms with van der Waals surface area (Å²) in [5.41, 5.74) is 7.71. The van der Waals surface area contributed by atoms with Gasteiger partial charge < -0.3 is 10.0 Å². The van der Waals surface area contributed by atoms with E-state index in [0.717, 1.165) is 28.9 Å². The minimum atomic E-state index is -0.957. The van der Waals surface area contributed by atoms with Crippen LogP contribution in [0.4, 0.5) is 11.4 Å². The number of hydrazone groups is 1. The van der Waals surface area contributed by atoms with Crippen molar-refractivity contribution < 1.29 is 14.7 Å². The first-order valence-electron chi connectivity index (χ1n) is 8.05. The van der Waals surface area contributed by atoms with E-state index in [-0.39, 0.29) is 11.5 Å². The standard InChI is InChI=1S/C19H19N3O3/c1-3-16(21-20-15-7-4-12(5-8-15)19(24)25)13-6-9-17-14(10-13)11-18(23)22(17)2/h4-10,20H,3,11H2,1-2H3,(H,24,25). The maximum atomic E-state index is 11.8. The molecule has 0 bridgehead atoms. The van der Waals surface area contributed by atoms with Gasteiger partial charge in [-0.2, -0.15) is 5.10 Å². The number of carbonyl (C=O) groups excluding carboxylic acids is 1. The van der Waals surface area contributed by atoms with Crippen molar-refractivity contribution in [1.29, 1.82) is 0 Å². The Balaban J connectivity index is 1.80. The van der Waals surface area contributed by atoms with Crippen LogP contribution in [0.5, 0.6) is 0 Å². The third-order valence-electron chi connectivity index (χ3n) is 4.28. The van der Waals surface area contributed by atoms with Gasteiger partial charge in [0.1, 0.15) is 0 Å². The maximum absolute atomic E-state index is 11.8. The van der Waals surface area contributed by atoms with E-state index in [1.165, 1.54) is 12.1 Å². The predicted octanol–water partition coefficient (Wildman–Crippen LogP) is 3.13. The van der Waals surface area contributed by atoms with E-state index in [1.807, 2.05) is 25.1 Å². The summed E-state index contributed by atoms with van der Waals surface area (Å²) >= 11 is 0. The average molecular weight is 337 g/mol. The van der Waals surface area contributed by atoms with Crippen molar-refractivity contribution in [3.05, 3.63) is 59.2 Å². The lowest BCUT2D eigenvalue weighted by atomic mass is 10.0. The molecule has 0 aliphatic carbocycles. The quantitative estimate of drug-likeness (QED) is 0.649. The lowest BCUT2D eigenvalue weighted by Crippen LogP contribution is -2.20. The van der Waals surface area contributed by atoms with Crippen molar-refractivity contribution >= 4 is 29.0 Å². The fourth-order valence-corrected chi connectivity index (χ4v) is 2.82. The lowest BCUT2D eigenvalue weighted by molar-refractivity contribution is -0.117. The highest BCUT2D eigenvalue weighted by atomic mass is 16.4. The second-order valence-electron chi connectivity index (χ2n) is 5.88. The average Bonchev–Trinajstić information content (AvgIpc) is 2.90. The minimum absolute atomic E-state index is 0.0961. The van der Waals surface area contributed by atoms with Crippen molar-refractivity contribution in [2.24, 2.45) is 5.10 Å². The van der Waals surface area contributed by atoms with Crippen LogP contribution in [-0.4, -0.2) is 29.7 Å². The number of aromatic carboxylic acids is 1. The van der Waals surface area contributed by atoms with Gasteiger partial charge in [0.25, 0.3) is 0 Å². The molecule has 6 heteroatoms. The number of hydrogen-bond acceptors (Lipinski definition) is 4. The third kappa shape index (κ3) is 3.38. The molecule has 1 aliphatic rings. The Morgan fingerprint density at radius 3 is 2.52 bits per heavy atom. The molecule has 2 aromatic rings. The molecule has 0 atom stereocenters. The van der Waals surface area contributed by atoms with Crippen LogP contribution in [0.25, 0.3) is 0 Å². The molecule has 0 aromatic heterocycles.